The van der Waals surface area contributed by atoms with Crippen molar-refractivity contribution in [2.75, 3.05) is 19.6 Å². The van der Waals surface area contributed by atoms with Gasteiger partial charge >= 0.3 is 0 Å². The molecule has 67 heavy (non-hydrogen) atoms. The van der Waals surface area contributed by atoms with E-state index in [-0.39, 0.29) is 81.7 Å². The number of para-hydroxylation sites is 1. The van der Waals surface area contributed by atoms with Crippen molar-refractivity contribution in [3.05, 3.63) is 108 Å². The number of nitrogens with two attached hydrogens (primary N) is 2. The van der Waals surface area contributed by atoms with E-state index in [1.807, 2.05) is 74.5 Å². The maximum Gasteiger partial charge on any atom is 0.251 e. The van der Waals surface area contributed by atoms with Crippen LogP contribution in [0.1, 0.15) is 86.7 Å². The predicted molar refractivity (Wildman–Crippen MR) is 256 cm³/mol. The molecule has 0 bridgehead atoms. The van der Waals surface area contributed by atoms with Crippen LogP contribution in [-0.2, 0) is 41.6 Å². The lowest BCUT2D eigenvalue weighted by Gasteiger charge is -2.26. The number of aromatic amines is 1. The number of carbonyl (C=O) groups excluding carboxylic acids is 7. The predicted octanol–water partition coefficient (Wildman–Crippen LogP) is 1.99. The van der Waals surface area contributed by atoms with Crippen LogP contribution in [0.2, 0.25) is 0 Å². The molecule has 5 atom stereocenters. The number of hydrogen-bond acceptors (Lipinski definition) is 8. The normalized spacial score (nSPS) is 19.4. The molecule has 0 radical (unpaired) electrons. The molecule has 358 valence electrons. The lowest BCUT2D eigenvalue weighted by molar-refractivity contribution is -0.134. The quantitative estimate of drug-likeness (QED) is 0.0352. The van der Waals surface area contributed by atoms with Gasteiger partial charge in [0.05, 0.1) is 0 Å². The Labute approximate surface area is 391 Å². The van der Waals surface area contributed by atoms with E-state index in [9.17, 15) is 33.6 Å². The van der Waals surface area contributed by atoms with Gasteiger partial charge in [0.1, 0.15) is 30.2 Å². The summed E-state index contributed by atoms with van der Waals surface area (Å²) < 4.78 is 0. The first-order valence-corrected chi connectivity index (χ1v) is 23.0. The SMILES string of the molecule is CC(C)CC1NC(=O)C(Cc2c[nH]c3ccccc23)NC(=O)C(CCCCNC(=O)c2ccccc2)NC(=O)C(CCC(=O)NCCc2ccccc2)NC(=O)C(CCCN=C(N)N)NC1=O. The van der Waals surface area contributed by atoms with Gasteiger partial charge in [0.15, 0.2) is 5.96 Å². The zero-order valence-corrected chi connectivity index (χ0v) is 38.3. The number of aromatic nitrogens is 1. The minimum absolute atomic E-state index is 0.0270. The van der Waals surface area contributed by atoms with Gasteiger partial charge in [-0.3, -0.25) is 38.6 Å². The van der Waals surface area contributed by atoms with Gasteiger partial charge in [-0.1, -0.05) is 80.6 Å². The summed E-state index contributed by atoms with van der Waals surface area (Å²) >= 11 is 0. The Morgan fingerprint density at radius 2 is 1.18 bits per heavy atom. The molecule has 1 fully saturated rings. The molecule has 0 spiro atoms. The lowest BCUT2D eigenvalue weighted by atomic mass is 9.99. The van der Waals surface area contributed by atoms with Crippen molar-refractivity contribution >= 4 is 58.2 Å². The molecule has 1 aliphatic heterocycles. The summed E-state index contributed by atoms with van der Waals surface area (Å²) in [5.41, 5.74) is 14.2. The van der Waals surface area contributed by atoms with Crippen LogP contribution in [0.25, 0.3) is 10.9 Å². The number of guanidine groups is 1. The molecule has 18 heteroatoms. The molecule has 5 rings (SSSR count). The Morgan fingerprint density at radius 3 is 1.84 bits per heavy atom. The molecular formula is C49H65N11O7. The van der Waals surface area contributed by atoms with Crippen molar-refractivity contribution in [1.29, 1.82) is 0 Å². The van der Waals surface area contributed by atoms with Gasteiger partial charge in [-0.05, 0) is 86.6 Å². The fourth-order valence-corrected chi connectivity index (χ4v) is 7.83. The monoisotopic (exact) mass is 920 g/mol. The van der Waals surface area contributed by atoms with Crippen LogP contribution in [0.3, 0.4) is 0 Å². The smallest absolute Gasteiger partial charge is 0.251 e. The molecule has 18 nitrogen and oxygen atoms in total. The molecule has 5 unspecified atom stereocenters. The Morgan fingerprint density at radius 1 is 0.627 bits per heavy atom. The number of aliphatic imine (C=N–C) groups is 1. The van der Waals surface area contributed by atoms with E-state index in [1.54, 1.807) is 30.5 Å². The molecule has 12 N–H and O–H groups in total. The highest BCUT2D eigenvalue weighted by Crippen LogP contribution is 2.20. The van der Waals surface area contributed by atoms with Crippen LogP contribution >= 0.6 is 0 Å². The van der Waals surface area contributed by atoms with Gasteiger partial charge in [-0.15, -0.1) is 0 Å². The van der Waals surface area contributed by atoms with Crippen molar-refractivity contribution in [1.82, 2.24) is 42.2 Å². The van der Waals surface area contributed by atoms with Crippen molar-refractivity contribution in [3.8, 4) is 0 Å². The first-order valence-electron chi connectivity index (χ1n) is 23.0. The number of hydrogen-bond donors (Lipinski definition) is 10. The molecule has 2 heterocycles. The van der Waals surface area contributed by atoms with E-state index < -0.39 is 59.7 Å². The molecule has 0 saturated carbocycles. The van der Waals surface area contributed by atoms with Crippen LogP contribution in [0.15, 0.2) is 96.1 Å². The Hall–Kier alpha value is -7.24. The van der Waals surface area contributed by atoms with Crippen molar-refractivity contribution in [3.63, 3.8) is 0 Å². The van der Waals surface area contributed by atoms with Crippen LogP contribution in [-0.4, -0.2) is 102 Å². The highest BCUT2D eigenvalue weighted by molar-refractivity contribution is 5.98. The minimum atomic E-state index is -1.33. The zero-order chi connectivity index (χ0) is 48.1. The van der Waals surface area contributed by atoms with Gasteiger partial charge < -0.3 is 53.7 Å². The van der Waals surface area contributed by atoms with Crippen molar-refractivity contribution < 1.29 is 33.6 Å². The van der Waals surface area contributed by atoms with Gasteiger partial charge in [-0.25, -0.2) is 0 Å². The summed E-state index contributed by atoms with van der Waals surface area (Å²) in [6.45, 7) is 4.53. The molecule has 1 saturated heterocycles. The van der Waals surface area contributed by atoms with Gasteiger partial charge in [-0.2, -0.15) is 0 Å². The number of nitrogens with zero attached hydrogens (tertiary/aromatic N) is 1. The summed E-state index contributed by atoms with van der Waals surface area (Å²) in [7, 11) is 0. The molecule has 7 amide bonds. The standard InChI is InChI=1S/C49H65N11O7/c1-31(2)28-40-47(66)57-38(21-13-26-54-49(50)51)44(63)58-39(22-23-42(61)52-27-24-32-14-5-3-6-15-32)46(65)56-37(20-11-12-25-53-43(62)33-16-7-4-8-17-33)45(64)60-41(48(67)59-40)29-34-30-55-36-19-10-9-18-35(34)36/h3-10,14-19,30-31,37-41,55H,11-13,20-29H2,1-2H3,(H,52,61)(H,53,62)(H,56,65)(H,57,66)(H,58,63)(H,59,67)(H,60,64)(H4,50,51,54). The largest absolute Gasteiger partial charge is 0.370 e. The third-order valence-electron chi connectivity index (χ3n) is 11.4. The summed E-state index contributed by atoms with van der Waals surface area (Å²) in [5, 5.41) is 20.7. The highest BCUT2D eigenvalue weighted by atomic mass is 16.2. The van der Waals surface area contributed by atoms with E-state index in [4.69, 9.17) is 11.5 Å². The summed E-state index contributed by atoms with van der Waals surface area (Å²) in [6, 6.07) is 19.8. The topological polar surface area (TPSA) is 284 Å². The average molecular weight is 920 g/mol. The fourth-order valence-electron chi connectivity index (χ4n) is 7.83. The van der Waals surface area contributed by atoms with Gasteiger partial charge in [0.25, 0.3) is 5.91 Å². The lowest BCUT2D eigenvalue weighted by Crippen LogP contribution is -2.58. The van der Waals surface area contributed by atoms with Crippen LogP contribution in [0.4, 0.5) is 0 Å². The molecular weight excluding hydrogens is 855 g/mol. The van der Waals surface area contributed by atoms with Crippen molar-refractivity contribution in [2.24, 2.45) is 22.4 Å². The average Bonchev–Trinajstić information content (AvgIpc) is 3.72. The number of unbranched alkanes of at least 4 members (excludes halogenated alkanes) is 1. The minimum Gasteiger partial charge on any atom is -0.370 e. The second kappa shape index (κ2) is 26.0. The highest BCUT2D eigenvalue weighted by Gasteiger charge is 2.35. The Kier molecular flexibility index (Phi) is 19.7. The first kappa shape index (κ1) is 50.8. The Balaban J connectivity index is 1.45. The Bertz CT molecular complexity index is 2320. The second-order valence-electron chi connectivity index (χ2n) is 17.2. The van der Waals surface area contributed by atoms with Crippen molar-refractivity contribution in [2.45, 2.75) is 108 Å². The number of amides is 7. The van der Waals surface area contributed by atoms with Crippen LogP contribution in [0.5, 0.6) is 0 Å². The van der Waals surface area contributed by atoms with Crippen LogP contribution < -0.4 is 48.7 Å². The summed E-state index contributed by atoms with van der Waals surface area (Å²) in [4.78, 5) is 105. The van der Waals surface area contributed by atoms with E-state index >= 15 is 0 Å². The number of fused-ring (bicyclic) bond motifs is 1. The molecule has 4 aromatic rings. The first-order chi connectivity index (χ1) is 32.3. The van der Waals surface area contributed by atoms with Gasteiger partial charge in [0, 0.05) is 55.1 Å². The molecule has 0 aliphatic carbocycles. The number of benzene rings is 3. The summed E-state index contributed by atoms with van der Waals surface area (Å²) in [5.74, 6) is -4.29. The molecule has 1 aliphatic rings. The van der Waals surface area contributed by atoms with E-state index in [1.165, 1.54) is 0 Å². The maximum absolute atomic E-state index is 14.5. The number of rotatable bonds is 20. The third kappa shape index (κ3) is 16.6. The third-order valence-corrected chi connectivity index (χ3v) is 11.4. The fraction of sp³-hybridized carbons (Fsp3) is 0.429. The van der Waals surface area contributed by atoms with E-state index in [2.05, 4.69) is 47.2 Å². The molecule has 1 aromatic heterocycles. The second-order valence-corrected chi connectivity index (χ2v) is 17.2. The molecule has 3 aromatic carbocycles. The van der Waals surface area contributed by atoms with Gasteiger partial charge in [0.2, 0.25) is 35.4 Å². The number of H-pyrrole nitrogens is 1. The number of carbonyl (C=O) groups is 7. The number of nitrogens with one attached hydrogen (secondary N) is 8. The van der Waals surface area contributed by atoms with Crippen LogP contribution in [0, 0.1) is 5.92 Å². The van der Waals surface area contributed by atoms with E-state index in [0.717, 1.165) is 22.0 Å². The summed E-state index contributed by atoms with van der Waals surface area (Å²) in [6.07, 6.45) is 3.45. The maximum atomic E-state index is 14.5. The van der Waals surface area contributed by atoms with E-state index in [0.29, 0.717) is 31.4 Å². The zero-order valence-electron chi connectivity index (χ0n) is 38.3.